The topological polar surface area (TPSA) is 26.3 Å². The van der Waals surface area contributed by atoms with Crippen LogP contribution in [-0.4, -0.2) is 17.9 Å². The van der Waals surface area contributed by atoms with Crippen LogP contribution < -0.4 is 0 Å². The highest BCUT2D eigenvalue weighted by atomic mass is 35.5. The van der Waals surface area contributed by atoms with E-state index in [2.05, 4.69) is 4.74 Å². The minimum absolute atomic E-state index is 0.0940. The van der Waals surface area contributed by atoms with Crippen molar-refractivity contribution < 1.29 is 9.53 Å². The second-order valence-electron chi connectivity index (χ2n) is 0.766. The molecular weight excluding hydrogens is 139 g/mol. The Morgan fingerprint density at radius 2 is 2.43 bits per heavy atom. The van der Waals surface area contributed by atoms with Gasteiger partial charge in [-0.25, -0.2) is 4.79 Å². The summed E-state index contributed by atoms with van der Waals surface area (Å²) in [5, 5.41) is 0. The fraction of sp³-hybridized carbons (Fsp3) is 0.667. The van der Waals surface area contributed by atoms with Gasteiger partial charge in [-0.15, -0.1) is 11.6 Å². The lowest BCUT2D eigenvalue weighted by Gasteiger charge is -1.96. The molecule has 7 heavy (non-hydrogen) atoms. The molecule has 0 heterocycles. The van der Waals surface area contributed by atoms with Crippen LogP contribution in [-0.2, 0) is 9.53 Å². The first-order chi connectivity index (χ1) is 3.31. The second kappa shape index (κ2) is 4.22. The molecule has 0 N–H and O–H groups in total. The molecule has 1 radical (unpaired) electrons. The van der Waals surface area contributed by atoms with Gasteiger partial charge in [-0.1, -0.05) is 11.6 Å². The summed E-state index contributed by atoms with van der Waals surface area (Å²) in [5.41, 5.74) is -0.737. The SMILES string of the molecule is O=[C]OC(Cl)CCl. The fourth-order valence-electron chi connectivity index (χ4n) is 0.0837. The van der Waals surface area contributed by atoms with Gasteiger partial charge in [0.1, 0.15) is 0 Å². The number of hydrogen-bond donors (Lipinski definition) is 0. The number of hydrogen-bond acceptors (Lipinski definition) is 2. The normalized spacial score (nSPS) is 12.9. The molecule has 0 aliphatic rings. The minimum Gasteiger partial charge on any atom is -0.436 e. The van der Waals surface area contributed by atoms with E-state index in [1.54, 1.807) is 0 Å². The number of alkyl halides is 2. The molecule has 0 aromatic heterocycles. The van der Waals surface area contributed by atoms with Crippen molar-refractivity contribution in [3.05, 3.63) is 0 Å². The lowest BCUT2D eigenvalue weighted by atomic mass is 10.8. The molecule has 0 bridgehead atoms. The predicted molar refractivity (Wildman–Crippen MR) is 27.1 cm³/mol. The molecule has 0 saturated heterocycles. The van der Waals surface area contributed by atoms with E-state index in [-0.39, 0.29) is 5.88 Å². The Balaban J connectivity index is 2.98. The van der Waals surface area contributed by atoms with Gasteiger partial charge >= 0.3 is 6.47 Å². The lowest BCUT2D eigenvalue weighted by Crippen LogP contribution is -2.03. The van der Waals surface area contributed by atoms with Gasteiger partial charge in [0.25, 0.3) is 0 Å². The van der Waals surface area contributed by atoms with E-state index in [9.17, 15) is 4.79 Å². The number of halogens is 2. The summed E-state index contributed by atoms with van der Waals surface area (Å²) in [5.74, 6) is 0.0940. The first-order valence-electron chi connectivity index (χ1n) is 1.54. The first-order valence-corrected chi connectivity index (χ1v) is 2.51. The van der Waals surface area contributed by atoms with Crippen molar-refractivity contribution in [2.45, 2.75) is 5.56 Å². The molecule has 0 saturated carbocycles. The fourth-order valence-corrected chi connectivity index (χ4v) is 0.183. The Kier molecular flexibility index (Phi) is 4.25. The Morgan fingerprint density at radius 3 is 2.57 bits per heavy atom. The van der Waals surface area contributed by atoms with Gasteiger partial charge in [0, 0.05) is 0 Å². The van der Waals surface area contributed by atoms with E-state index in [1.165, 1.54) is 0 Å². The zero-order valence-corrected chi connectivity index (χ0v) is 4.87. The lowest BCUT2D eigenvalue weighted by molar-refractivity contribution is 0.266. The summed E-state index contributed by atoms with van der Waals surface area (Å²) in [6.07, 6.45) is 0. The summed E-state index contributed by atoms with van der Waals surface area (Å²) in [6, 6.07) is 0. The minimum atomic E-state index is -0.737. The monoisotopic (exact) mass is 141 g/mol. The standard InChI is InChI=1S/C3H3Cl2O2/c4-1-3(5)7-2-6/h3H,1H2. The van der Waals surface area contributed by atoms with Crippen molar-refractivity contribution in [1.82, 2.24) is 0 Å². The zero-order chi connectivity index (χ0) is 5.70. The van der Waals surface area contributed by atoms with Gasteiger partial charge in [-0.3, -0.25) is 0 Å². The van der Waals surface area contributed by atoms with Crippen LogP contribution in [0.2, 0.25) is 0 Å². The molecule has 0 aliphatic heterocycles. The first kappa shape index (κ1) is 7.05. The molecule has 41 valence electrons. The van der Waals surface area contributed by atoms with Gasteiger partial charge in [0.05, 0.1) is 5.88 Å². The van der Waals surface area contributed by atoms with Gasteiger partial charge in [0.2, 0.25) is 0 Å². The molecular formula is C3H3Cl2O2. The van der Waals surface area contributed by atoms with Crippen LogP contribution in [0.1, 0.15) is 0 Å². The third-order valence-electron chi connectivity index (χ3n) is 0.297. The summed E-state index contributed by atoms with van der Waals surface area (Å²) in [4.78, 5) is 9.28. The Morgan fingerprint density at radius 1 is 1.86 bits per heavy atom. The highest BCUT2D eigenvalue weighted by Crippen LogP contribution is 1.96. The Labute approximate surface area is 51.4 Å². The van der Waals surface area contributed by atoms with Crippen molar-refractivity contribution in [3.8, 4) is 0 Å². The molecule has 0 fully saturated rings. The molecule has 2 nitrogen and oxygen atoms in total. The van der Waals surface area contributed by atoms with Crippen molar-refractivity contribution >= 4 is 29.7 Å². The van der Waals surface area contributed by atoms with E-state index >= 15 is 0 Å². The molecule has 1 unspecified atom stereocenters. The quantitative estimate of drug-likeness (QED) is 0.546. The maximum atomic E-state index is 9.28. The molecule has 1 atom stereocenters. The van der Waals surface area contributed by atoms with Gasteiger partial charge in [-0.2, -0.15) is 0 Å². The predicted octanol–water partition coefficient (Wildman–Crippen LogP) is 0.874. The largest absolute Gasteiger partial charge is 0.436 e. The maximum Gasteiger partial charge on any atom is 0.419 e. The molecule has 0 aliphatic carbocycles. The van der Waals surface area contributed by atoms with E-state index < -0.39 is 5.56 Å². The Bertz CT molecular complexity index is 56.9. The molecule has 0 rings (SSSR count). The molecule has 0 amide bonds. The third-order valence-corrected chi connectivity index (χ3v) is 0.979. The van der Waals surface area contributed by atoms with Crippen LogP contribution in [0.3, 0.4) is 0 Å². The van der Waals surface area contributed by atoms with Crippen molar-refractivity contribution in [1.29, 1.82) is 0 Å². The van der Waals surface area contributed by atoms with Gasteiger partial charge in [-0.05, 0) is 0 Å². The van der Waals surface area contributed by atoms with E-state index in [0.717, 1.165) is 6.47 Å². The third kappa shape index (κ3) is 3.89. The highest BCUT2D eigenvalue weighted by molar-refractivity contribution is 6.27. The van der Waals surface area contributed by atoms with E-state index in [4.69, 9.17) is 23.2 Å². The maximum absolute atomic E-state index is 9.28. The number of carbonyl (C=O) groups excluding carboxylic acids is 1. The molecule has 0 spiro atoms. The second-order valence-corrected chi connectivity index (χ2v) is 1.56. The van der Waals surface area contributed by atoms with Crippen LogP contribution in [0.5, 0.6) is 0 Å². The van der Waals surface area contributed by atoms with Crippen molar-refractivity contribution in [3.63, 3.8) is 0 Å². The number of rotatable bonds is 3. The van der Waals surface area contributed by atoms with Gasteiger partial charge in [0.15, 0.2) is 5.56 Å². The zero-order valence-electron chi connectivity index (χ0n) is 3.36. The van der Waals surface area contributed by atoms with Crippen LogP contribution in [0.25, 0.3) is 0 Å². The average molecular weight is 142 g/mol. The summed E-state index contributed by atoms with van der Waals surface area (Å²) >= 11 is 10.2. The summed E-state index contributed by atoms with van der Waals surface area (Å²) in [7, 11) is 0. The molecule has 0 aromatic rings. The smallest absolute Gasteiger partial charge is 0.419 e. The highest BCUT2D eigenvalue weighted by Gasteiger charge is 1.98. The summed E-state index contributed by atoms with van der Waals surface area (Å²) in [6.45, 7) is 1.15. The van der Waals surface area contributed by atoms with Crippen molar-refractivity contribution in [2.24, 2.45) is 0 Å². The molecule has 4 heteroatoms. The van der Waals surface area contributed by atoms with Crippen LogP contribution in [0.4, 0.5) is 0 Å². The summed E-state index contributed by atoms with van der Waals surface area (Å²) < 4.78 is 4.02. The van der Waals surface area contributed by atoms with Crippen molar-refractivity contribution in [2.75, 3.05) is 5.88 Å². The van der Waals surface area contributed by atoms with E-state index in [1.807, 2.05) is 0 Å². The van der Waals surface area contributed by atoms with Crippen LogP contribution in [0.15, 0.2) is 0 Å². The average Bonchev–Trinajstić information content (AvgIpc) is 1.68. The van der Waals surface area contributed by atoms with Gasteiger partial charge < -0.3 is 4.74 Å². The van der Waals surface area contributed by atoms with Crippen LogP contribution >= 0.6 is 23.2 Å². The number of ether oxygens (including phenoxy) is 1. The Hall–Kier alpha value is 0.0500. The van der Waals surface area contributed by atoms with Crippen LogP contribution in [0, 0.1) is 0 Å². The molecule has 0 aromatic carbocycles. The van der Waals surface area contributed by atoms with E-state index in [0.29, 0.717) is 0 Å².